The number of morpholine rings is 1. The fraction of sp³-hybridized carbons (Fsp3) is 0.440. The minimum atomic E-state index is -3.61. The molecule has 0 saturated carbocycles. The zero-order valence-electron chi connectivity index (χ0n) is 20.0. The second-order valence-corrected chi connectivity index (χ2v) is 12.3. The number of rotatable bonds is 9. The van der Waals surface area contributed by atoms with E-state index in [1.54, 1.807) is 17.0 Å². The maximum absolute atomic E-state index is 13.4. The van der Waals surface area contributed by atoms with Crippen LogP contribution in [-0.2, 0) is 19.4 Å². The van der Waals surface area contributed by atoms with E-state index >= 15 is 0 Å². The number of halogens is 1. The molecular weight excluding hydrogens is 506 g/mol. The van der Waals surface area contributed by atoms with E-state index in [0.29, 0.717) is 16.7 Å². The molecule has 0 spiro atoms. The zero-order valence-corrected chi connectivity index (χ0v) is 22.4. The maximum atomic E-state index is 13.4. The molecule has 1 aliphatic heterocycles. The van der Waals surface area contributed by atoms with E-state index in [1.165, 1.54) is 23.5 Å². The number of ether oxygens (including phenoxy) is 1. The van der Waals surface area contributed by atoms with E-state index < -0.39 is 9.84 Å². The van der Waals surface area contributed by atoms with Crippen LogP contribution in [0, 0.1) is 13.8 Å². The van der Waals surface area contributed by atoms with Crippen molar-refractivity contribution < 1.29 is 17.9 Å². The molecule has 1 fully saturated rings. The average molecular weight is 536 g/mol. The van der Waals surface area contributed by atoms with E-state index in [2.05, 4.69) is 11.0 Å². The first-order valence-electron chi connectivity index (χ1n) is 11.7. The average Bonchev–Trinajstić information content (AvgIpc) is 3.25. The van der Waals surface area contributed by atoms with Crippen LogP contribution in [0.25, 0.3) is 10.2 Å². The number of fused-ring (bicyclic) bond motifs is 1. The summed E-state index contributed by atoms with van der Waals surface area (Å²) in [5.41, 5.74) is 3.10. The molecule has 2 heterocycles. The van der Waals surface area contributed by atoms with Crippen LogP contribution < -0.4 is 4.90 Å². The molecule has 0 aliphatic carbocycles. The number of aryl methyl sites for hydroxylation is 2. The number of amides is 1. The van der Waals surface area contributed by atoms with Gasteiger partial charge in [0, 0.05) is 37.6 Å². The lowest BCUT2D eigenvalue weighted by atomic mass is 10.1. The van der Waals surface area contributed by atoms with Crippen molar-refractivity contribution in [1.29, 1.82) is 0 Å². The van der Waals surface area contributed by atoms with Crippen LogP contribution in [0.3, 0.4) is 0 Å². The molecule has 0 radical (unpaired) electrons. The summed E-state index contributed by atoms with van der Waals surface area (Å²) in [6, 6.07) is 10.2. The molecule has 35 heavy (non-hydrogen) atoms. The number of benzene rings is 2. The van der Waals surface area contributed by atoms with E-state index in [0.717, 1.165) is 60.6 Å². The predicted octanol–water partition coefficient (Wildman–Crippen LogP) is 4.49. The van der Waals surface area contributed by atoms with E-state index in [9.17, 15) is 13.2 Å². The molecule has 0 atom stereocenters. The van der Waals surface area contributed by atoms with E-state index in [4.69, 9.17) is 21.3 Å². The Balaban J connectivity index is 1.51. The maximum Gasteiger partial charge on any atom is 0.229 e. The molecule has 1 aromatic heterocycles. The van der Waals surface area contributed by atoms with Gasteiger partial charge in [0.05, 0.1) is 34.1 Å². The normalized spacial score (nSPS) is 14.9. The van der Waals surface area contributed by atoms with Gasteiger partial charge in [0.2, 0.25) is 5.91 Å². The fourth-order valence-corrected chi connectivity index (χ4v) is 6.62. The third-order valence-electron chi connectivity index (χ3n) is 6.06. The number of hydrogen-bond acceptors (Lipinski definition) is 7. The first-order chi connectivity index (χ1) is 16.7. The minimum absolute atomic E-state index is 0.115. The smallest absolute Gasteiger partial charge is 0.229 e. The summed E-state index contributed by atoms with van der Waals surface area (Å²) in [6.45, 7) is 8.61. The summed E-state index contributed by atoms with van der Waals surface area (Å²) >= 11 is 7.37. The Kier molecular flexibility index (Phi) is 8.44. The van der Waals surface area contributed by atoms with Crippen LogP contribution in [0.4, 0.5) is 5.13 Å². The first-order valence-corrected chi connectivity index (χ1v) is 14.5. The highest BCUT2D eigenvalue weighted by Crippen LogP contribution is 2.32. The van der Waals surface area contributed by atoms with Gasteiger partial charge in [-0.25, -0.2) is 13.4 Å². The van der Waals surface area contributed by atoms with Gasteiger partial charge in [0.15, 0.2) is 15.0 Å². The molecule has 2 aromatic carbocycles. The number of thiazole rings is 1. The fourth-order valence-electron chi connectivity index (χ4n) is 4.20. The number of aromatic nitrogens is 1. The van der Waals surface area contributed by atoms with Crippen LogP contribution >= 0.6 is 22.9 Å². The monoisotopic (exact) mass is 535 g/mol. The molecule has 1 aliphatic rings. The number of carbonyl (C=O) groups is 1. The highest BCUT2D eigenvalue weighted by molar-refractivity contribution is 7.91. The van der Waals surface area contributed by atoms with Crippen LogP contribution in [0.15, 0.2) is 41.3 Å². The molecular formula is C25H30ClN3O4S2. The van der Waals surface area contributed by atoms with Gasteiger partial charge < -0.3 is 4.74 Å². The van der Waals surface area contributed by atoms with Crippen LogP contribution in [0.2, 0.25) is 5.02 Å². The van der Waals surface area contributed by atoms with Gasteiger partial charge in [-0.1, -0.05) is 29.0 Å². The second kappa shape index (κ2) is 11.3. The first kappa shape index (κ1) is 26.0. The van der Waals surface area contributed by atoms with Gasteiger partial charge in [0.1, 0.15) is 0 Å². The lowest BCUT2D eigenvalue weighted by molar-refractivity contribution is -0.118. The Morgan fingerprint density at radius 1 is 1.17 bits per heavy atom. The third-order valence-corrected chi connectivity index (χ3v) is 9.27. The van der Waals surface area contributed by atoms with Gasteiger partial charge >= 0.3 is 0 Å². The Morgan fingerprint density at radius 3 is 2.60 bits per heavy atom. The zero-order chi connectivity index (χ0) is 25.0. The number of anilines is 1. The quantitative estimate of drug-likeness (QED) is 0.402. The molecule has 1 saturated heterocycles. The minimum Gasteiger partial charge on any atom is -0.379 e. The highest BCUT2D eigenvalue weighted by atomic mass is 35.5. The molecule has 1 amide bonds. The van der Waals surface area contributed by atoms with E-state index in [1.807, 2.05) is 19.9 Å². The summed E-state index contributed by atoms with van der Waals surface area (Å²) in [4.78, 5) is 22.3. The lowest BCUT2D eigenvalue weighted by Gasteiger charge is -2.27. The Bertz CT molecular complexity index is 1290. The SMILES string of the molecule is Cc1cc(C)c2sc(N(CCCN3CCOCC3)C(=O)CCS(=O)(=O)c3ccc(Cl)cc3)nc2c1. The van der Waals surface area contributed by atoms with Crippen molar-refractivity contribution in [2.75, 3.05) is 50.0 Å². The van der Waals surface area contributed by atoms with Crippen molar-refractivity contribution in [3.05, 3.63) is 52.5 Å². The second-order valence-electron chi connectivity index (χ2n) is 8.80. The van der Waals surface area contributed by atoms with Crippen LogP contribution in [-0.4, -0.2) is 69.4 Å². The topological polar surface area (TPSA) is 79.8 Å². The molecule has 10 heteroatoms. The van der Waals surface area contributed by atoms with Gasteiger partial charge in [-0.3, -0.25) is 14.6 Å². The summed E-state index contributed by atoms with van der Waals surface area (Å²) in [5, 5.41) is 1.08. The van der Waals surface area contributed by atoms with Crippen molar-refractivity contribution in [3.63, 3.8) is 0 Å². The van der Waals surface area contributed by atoms with Crippen molar-refractivity contribution in [3.8, 4) is 0 Å². The molecule has 188 valence electrons. The van der Waals surface area contributed by atoms with Gasteiger partial charge in [0.25, 0.3) is 0 Å². The molecule has 3 aromatic rings. The number of sulfone groups is 1. The summed E-state index contributed by atoms with van der Waals surface area (Å²) < 4.78 is 32.1. The molecule has 4 rings (SSSR count). The Labute approximate surface area is 215 Å². The lowest BCUT2D eigenvalue weighted by Crippen LogP contribution is -2.39. The Hall–Kier alpha value is -2.04. The number of carbonyl (C=O) groups excluding carboxylic acids is 1. The highest BCUT2D eigenvalue weighted by Gasteiger charge is 2.24. The summed E-state index contributed by atoms with van der Waals surface area (Å²) in [6.07, 6.45) is 0.653. The number of hydrogen-bond donors (Lipinski definition) is 0. The van der Waals surface area contributed by atoms with Crippen LogP contribution in [0.5, 0.6) is 0 Å². The van der Waals surface area contributed by atoms with Crippen LogP contribution in [0.1, 0.15) is 24.0 Å². The van der Waals surface area contributed by atoms with Gasteiger partial charge in [-0.2, -0.15) is 0 Å². The molecule has 0 unspecified atom stereocenters. The standard InChI is InChI=1S/C25H30ClN3O4S2/c1-18-16-19(2)24-22(17-18)27-25(34-24)29(10-3-9-28-11-13-33-14-12-28)23(30)8-15-35(31,32)21-6-4-20(26)5-7-21/h4-7,16-17H,3,8-15H2,1-2H3. The van der Waals surface area contributed by atoms with Crippen molar-refractivity contribution >= 4 is 54.0 Å². The van der Waals surface area contributed by atoms with E-state index in [-0.39, 0.29) is 23.0 Å². The van der Waals surface area contributed by atoms with Crippen molar-refractivity contribution in [2.24, 2.45) is 0 Å². The molecule has 0 N–H and O–H groups in total. The summed E-state index contributed by atoms with van der Waals surface area (Å²) in [5.74, 6) is -0.505. The van der Waals surface area contributed by atoms with Gasteiger partial charge in [-0.15, -0.1) is 0 Å². The van der Waals surface area contributed by atoms with Crippen molar-refractivity contribution in [2.45, 2.75) is 31.6 Å². The molecule has 0 bridgehead atoms. The Morgan fingerprint density at radius 2 is 1.89 bits per heavy atom. The van der Waals surface area contributed by atoms with Crippen molar-refractivity contribution in [1.82, 2.24) is 9.88 Å². The van der Waals surface area contributed by atoms with Gasteiger partial charge in [-0.05, 0) is 61.7 Å². The summed E-state index contributed by atoms with van der Waals surface area (Å²) in [7, 11) is -3.61. The molecule has 7 nitrogen and oxygen atoms in total. The third kappa shape index (κ3) is 6.59. The number of nitrogens with zero attached hydrogens (tertiary/aromatic N) is 3. The predicted molar refractivity (Wildman–Crippen MR) is 141 cm³/mol. The largest absolute Gasteiger partial charge is 0.379 e.